The molecule has 0 radical (unpaired) electrons. The molecule has 1 aliphatic heterocycles. The van der Waals surface area contributed by atoms with Gasteiger partial charge in [-0.3, -0.25) is 4.98 Å². The van der Waals surface area contributed by atoms with Crippen LogP contribution in [0.1, 0.15) is 38.4 Å². The SMILES string of the molecule is C#Cc1ccccc1-c1ccc(/C=C/[C@H]2[C@H](C)[C@@H](C)C[C@@]3(O)C(=O)O[C@H](C)[C@@H]23)nc1. The molecular formula is C26H27NO3. The summed E-state index contributed by atoms with van der Waals surface area (Å²) in [5, 5.41) is 11.1. The highest BCUT2D eigenvalue weighted by atomic mass is 16.6. The molecular weight excluding hydrogens is 374 g/mol. The van der Waals surface area contributed by atoms with Crippen molar-refractivity contribution in [3.63, 3.8) is 0 Å². The molecule has 4 heteroatoms. The van der Waals surface area contributed by atoms with Gasteiger partial charge in [0, 0.05) is 23.2 Å². The van der Waals surface area contributed by atoms with Crippen molar-refractivity contribution >= 4 is 12.0 Å². The van der Waals surface area contributed by atoms with Gasteiger partial charge in [-0.05, 0) is 54.9 Å². The number of hydrogen-bond acceptors (Lipinski definition) is 4. The predicted octanol–water partition coefficient (Wildman–Crippen LogP) is 4.33. The molecule has 2 aliphatic rings. The van der Waals surface area contributed by atoms with Gasteiger partial charge in [0.05, 0.1) is 5.69 Å². The minimum absolute atomic E-state index is 0.0313. The molecule has 1 N–H and O–H groups in total. The van der Waals surface area contributed by atoms with E-state index in [9.17, 15) is 9.90 Å². The van der Waals surface area contributed by atoms with Crippen LogP contribution in [0.3, 0.4) is 0 Å². The van der Waals surface area contributed by atoms with Crippen LogP contribution < -0.4 is 0 Å². The maximum absolute atomic E-state index is 12.3. The topological polar surface area (TPSA) is 59.4 Å². The number of esters is 1. The lowest BCUT2D eigenvalue weighted by molar-refractivity contribution is -0.160. The molecule has 6 atom stereocenters. The van der Waals surface area contributed by atoms with Crippen molar-refractivity contribution in [2.24, 2.45) is 23.7 Å². The first kappa shape index (κ1) is 20.4. The molecule has 2 fully saturated rings. The van der Waals surface area contributed by atoms with Crippen LogP contribution in [0.25, 0.3) is 17.2 Å². The lowest BCUT2D eigenvalue weighted by Crippen LogP contribution is -2.52. The highest BCUT2D eigenvalue weighted by Gasteiger charge is 2.61. The number of fused-ring (bicyclic) bond motifs is 1. The Morgan fingerprint density at radius 2 is 2.00 bits per heavy atom. The number of rotatable bonds is 3. The summed E-state index contributed by atoms with van der Waals surface area (Å²) in [5.74, 6) is 2.56. The Hall–Kier alpha value is -2.90. The molecule has 4 nitrogen and oxygen atoms in total. The number of carbonyl (C=O) groups is 1. The lowest BCUT2D eigenvalue weighted by atomic mass is 9.60. The average Bonchev–Trinajstić information content (AvgIpc) is 2.97. The summed E-state index contributed by atoms with van der Waals surface area (Å²) in [5.41, 5.74) is 2.23. The fraction of sp³-hybridized carbons (Fsp3) is 0.385. The van der Waals surface area contributed by atoms with Crippen molar-refractivity contribution in [1.29, 1.82) is 0 Å². The molecule has 0 amide bonds. The average molecular weight is 402 g/mol. The molecule has 1 aliphatic carbocycles. The number of carbonyl (C=O) groups excluding carboxylic acids is 1. The van der Waals surface area contributed by atoms with Crippen LogP contribution in [0.2, 0.25) is 0 Å². The largest absolute Gasteiger partial charge is 0.460 e. The zero-order chi connectivity index (χ0) is 21.5. The van der Waals surface area contributed by atoms with E-state index < -0.39 is 11.6 Å². The Kier molecular flexibility index (Phi) is 5.26. The third-order valence-corrected chi connectivity index (χ3v) is 6.93. The highest BCUT2D eigenvalue weighted by molar-refractivity contribution is 5.82. The smallest absolute Gasteiger partial charge is 0.338 e. The highest BCUT2D eigenvalue weighted by Crippen LogP contribution is 2.51. The van der Waals surface area contributed by atoms with Gasteiger partial charge in [0.15, 0.2) is 5.60 Å². The molecule has 1 saturated heterocycles. The van der Waals surface area contributed by atoms with E-state index in [2.05, 4.69) is 30.8 Å². The van der Waals surface area contributed by atoms with Gasteiger partial charge in [-0.15, -0.1) is 6.42 Å². The third-order valence-electron chi connectivity index (χ3n) is 6.93. The first-order chi connectivity index (χ1) is 14.3. The van der Waals surface area contributed by atoms with E-state index in [0.717, 1.165) is 22.4 Å². The van der Waals surface area contributed by atoms with E-state index in [1.54, 1.807) is 0 Å². The summed E-state index contributed by atoms with van der Waals surface area (Å²) < 4.78 is 5.42. The number of aliphatic hydroxyl groups is 1. The summed E-state index contributed by atoms with van der Waals surface area (Å²) in [4.78, 5) is 16.9. The molecule has 0 spiro atoms. The van der Waals surface area contributed by atoms with Crippen molar-refractivity contribution in [2.75, 3.05) is 0 Å². The van der Waals surface area contributed by atoms with Crippen molar-refractivity contribution in [1.82, 2.24) is 4.98 Å². The number of benzene rings is 1. The first-order valence-electron chi connectivity index (χ1n) is 10.5. The molecule has 1 saturated carbocycles. The number of terminal acetylenes is 1. The van der Waals surface area contributed by atoms with Crippen molar-refractivity contribution in [3.05, 3.63) is 59.9 Å². The van der Waals surface area contributed by atoms with Gasteiger partial charge in [-0.1, -0.05) is 50.1 Å². The van der Waals surface area contributed by atoms with Crippen LogP contribution in [0.5, 0.6) is 0 Å². The quantitative estimate of drug-likeness (QED) is 0.614. The molecule has 1 aromatic heterocycles. The van der Waals surface area contributed by atoms with Gasteiger partial charge in [-0.2, -0.15) is 0 Å². The second kappa shape index (κ2) is 7.74. The van der Waals surface area contributed by atoms with Crippen molar-refractivity contribution in [2.45, 2.75) is 38.9 Å². The molecule has 0 bridgehead atoms. The number of pyridine rings is 1. The first-order valence-corrected chi connectivity index (χ1v) is 10.5. The number of hydrogen-bond donors (Lipinski definition) is 1. The molecule has 154 valence electrons. The normalized spacial score (nSPS) is 33.2. The van der Waals surface area contributed by atoms with E-state index in [-0.39, 0.29) is 23.9 Å². The minimum atomic E-state index is -1.39. The standard InChI is InChI=1S/C26H27NO3/c1-5-19-8-6-7-9-23(19)20-10-11-21(27-15-20)12-13-22-17(3)16(2)14-26(29)24(22)18(4)30-25(26)28/h1,6-13,15-18,22,24,29H,14H2,2-4H3/b13-12+/t16-,17+,18+,22-,24-,26-/m0/s1. The number of nitrogens with zero attached hydrogens (tertiary/aromatic N) is 1. The molecule has 4 rings (SSSR count). The minimum Gasteiger partial charge on any atom is -0.460 e. The number of ether oxygens (including phenoxy) is 1. The van der Waals surface area contributed by atoms with Gasteiger partial charge < -0.3 is 9.84 Å². The molecule has 2 heterocycles. The van der Waals surface area contributed by atoms with E-state index >= 15 is 0 Å². The zero-order valence-corrected chi connectivity index (χ0v) is 17.6. The Labute approximate surface area is 178 Å². The molecule has 1 aromatic carbocycles. The monoisotopic (exact) mass is 401 g/mol. The molecule has 2 aromatic rings. The second-order valence-corrected chi connectivity index (χ2v) is 8.70. The Morgan fingerprint density at radius 1 is 1.23 bits per heavy atom. The summed E-state index contributed by atoms with van der Waals surface area (Å²) >= 11 is 0. The molecule has 30 heavy (non-hydrogen) atoms. The van der Waals surface area contributed by atoms with Crippen LogP contribution in [-0.2, 0) is 9.53 Å². The van der Waals surface area contributed by atoms with Crippen molar-refractivity contribution < 1.29 is 14.6 Å². The summed E-state index contributed by atoms with van der Waals surface area (Å²) in [7, 11) is 0. The predicted molar refractivity (Wildman–Crippen MR) is 117 cm³/mol. The number of aromatic nitrogens is 1. The van der Waals surface area contributed by atoms with Crippen LogP contribution in [0, 0.1) is 36.0 Å². The second-order valence-electron chi connectivity index (χ2n) is 8.70. The van der Waals surface area contributed by atoms with E-state index in [1.807, 2.05) is 55.6 Å². The van der Waals surface area contributed by atoms with Gasteiger partial charge >= 0.3 is 5.97 Å². The maximum atomic E-state index is 12.3. The van der Waals surface area contributed by atoms with Gasteiger partial charge in [0.1, 0.15) is 6.10 Å². The van der Waals surface area contributed by atoms with E-state index in [0.29, 0.717) is 12.3 Å². The fourth-order valence-corrected chi connectivity index (χ4v) is 5.13. The summed E-state index contributed by atoms with van der Waals surface area (Å²) in [6.07, 6.45) is 11.7. The Bertz CT molecular complexity index is 1020. The maximum Gasteiger partial charge on any atom is 0.338 e. The number of cyclic esters (lactones) is 1. The third kappa shape index (κ3) is 3.34. The van der Waals surface area contributed by atoms with Crippen LogP contribution in [-0.4, -0.2) is 27.8 Å². The van der Waals surface area contributed by atoms with Crippen molar-refractivity contribution in [3.8, 4) is 23.5 Å². The van der Waals surface area contributed by atoms with Gasteiger partial charge in [0.25, 0.3) is 0 Å². The van der Waals surface area contributed by atoms with Crippen LogP contribution >= 0.6 is 0 Å². The van der Waals surface area contributed by atoms with Crippen LogP contribution in [0.15, 0.2) is 48.7 Å². The summed E-state index contributed by atoms with van der Waals surface area (Å²) in [6, 6.07) is 11.8. The molecule has 0 unspecified atom stereocenters. The Balaban J connectivity index is 1.60. The van der Waals surface area contributed by atoms with E-state index in [1.165, 1.54) is 0 Å². The summed E-state index contributed by atoms with van der Waals surface area (Å²) in [6.45, 7) is 6.15. The van der Waals surface area contributed by atoms with Crippen LogP contribution in [0.4, 0.5) is 0 Å². The zero-order valence-electron chi connectivity index (χ0n) is 17.6. The van der Waals surface area contributed by atoms with Gasteiger partial charge in [-0.25, -0.2) is 4.79 Å². The number of allylic oxidation sites excluding steroid dienone is 1. The van der Waals surface area contributed by atoms with Gasteiger partial charge in [0.2, 0.25) is 0 Å². The van der Waals surface area contributed by atoms with E-state index in [4.69, 9.17) is 11.2 Å². The fourth-order valence-electron chi connectivity index (χ4n) is 5.13. The Morgan fingerprint density at radius 3 is 2.70 bits per heavy atom. The lowest BCUT2D eigenvalue weighted by Gasteiger charge is -2.44.